The van der Waals surface area contributed by atoms with E-state index in [0.717, 1.165) is 0 Å². The minimum absolute atomic E-state index is 0.107. The van der Waals surface area contributed by atoms with E-state index in [-0.39, 0.29) is 18.4 Å². The highest BCUT2D eigenvalue weighted by Crippen LogP contribution is 2.44. The zero-order valence-corrected chi connectivity index (χ0v) is 13.7. The van der Waals surface area contributed by atoms with Crippen LogP contribution in [0.1, 0.15) is 27.8 Å². The first kappa shape index (κ1) is 16.9. The molecule has 0 amide bonds. The molecule has 3 rings (SSSR count). The summed E-state index contributed by atoms with van der Waals surface area (Å²) in [6, 6.07) is 6.81. The van der Waals surface area contributed by atoms with Crippen molar-refractivity contribution in [2.45, 2.75) is 18.5 Å². The van der Waals surface area contributed by atoms with Gasteiger partial charge in [-0.3, -0.25) is 0 Å². The van der Waals surface area contributed by atoms with Gasteiger partial charge >= 0.3 is 6.18 Å². The third-order valence-corrected chi connectivity index (χ3v) is 5.00. The predicted molar refractivity (Wildman–Crippen MR) is 83.9 cm³/mol. The molecule has 0 aliphatic carbocycles. The molecule has 9 heteroatoms. The molecule has 1 aliphatic heterocycles. The van der Waals surface area contributed by atoms with Crippen LogP contribution in [0.4, 0.5) is 13.2 Å². The van der Waals surface area contributed by atoms with E-state index in [1.54, 1.807) is 24.3 Å². The van der Waals surface area contributed by atoms with E-state index in [1.807, 2.05) is 0 Å². The summed E-state index contributed by atoms with van der Waals surface area (Å²) >= 11 is 6.49. The lowest BCUT2D eigenvalue weighted by Crippen LogP contribution is -2.13. The third-order valence-electron chi connectivity index (χ3n) is 3.59. The summed E-state index contributed by atoms with van der Waals surface area (Å²) in [5, 5.41) is 3.05. The molecule has 1 aliphatic rings. The van der Waals surface area contributed by atoms with E-state index in [9.17, 15) is 13.2 Å². The molecule has 4 nitrogen and oxygen atoms in total. The van der Waals surface area contributed by atoms with Crippen molar-refractivity contribution < 1.29 is 17.9 Å². The fourth-order valence-electron chi connectivity index (χ4n) is 2.55. The number of allylic oxidation sites excluding steroid dienone is 1. The predicted octanol–water partition coefficient (Wildman–Crippen LogP) is 5.72. The van der Waals surface area contributed by atoms with Crippen LogP contribution in [0.2, 0.25) is 5.02 Å². The smallest absolute Gasteiger partial charge is 0.443 e. The van der Waals surface area contributed by atoms with Gasteiger partial charge in [-0.15, -0.1) is 16.5 Å². The second-order valence-corrected chi connectivity index (χ2v) is 6.59. The standard InChI is InChI=1S/C15H11ClF3N3OS/c16-9-3-1-8(2-4-9)12-10(5-6-23-13(12)22-20)11-7-21-14(24-11)15(17,18)19/h1-4,7,10,20H,5-6H2. The van der Waals surface area contributed by atoms with Crippen LogP contribution in [0.3, 0.4) is 0 Å². The lowest BCUT2D eigenvalue weighted by atomic mass is 9.88. The number of hydrogen-bond acceptors (Lipinski definition) is 5. The molecule has 1 atom stereocenters. The van der Waals surface area contributed by atoms with E-state index < -0.39 is 11.2 Å². The van der Waals surface area contributed by atoms with Crippen molar-refractivity contribution in [1.82, 2.24) is 4.98 Å². The summed E-state index contributed by atoms with van der Waals surface area (Å²) in [7, 11) is 0. The largest absolute Gasteiger partial charge is 0.476 e. The maximum atomic E-state index is 12.8. The number of ether oxygens (including phenoxy) is 1. The van der Waals surface area contributed by atoms with Crippen molar-refractivity contribution in [3.63, 3.8) is 0 Å². The maximum Gasteiger partial charge on any atom is 0.443 e. The summed E-state index contributed by atoms with van der Waals surface area (Å²) in [5.74, 6) is -0.256. The Bertz CT molecular complexity index is 786. The van der Waals surface area contributed by atoms with E-state index >= 15 is 0 Å². The first-order chi connectivity index (χ1) is 11.4. The Balaban J connectivity index is 2.06. The Kier molecular flexibility index (Phi) is 4.60. The number of thiazole rings is 1. The van der Waals surface area contributed by atoms with Gasteiger partial charge < -0.3 is 4.74 Å². The molecule has 2 aromatic rings. The van der Waals surface area contributed by atoms with Crippen LogP contribution >= 0.6 is 22.9 Å². The van der Waals surface area contributed by atoms with E-state index in [2.05, 4.69) is 10.1 Å². The van der Waals surface area contributed by atoms with E-state index in [4.69, 9.17) is 21.9 Å². The van der Waals surface area contributed by atoms with Crippen LogP contribution in [0, 0.1) is 5.53 Å². The summed E-state index contributed by atoms with van der Waals surface area (Å²) in [6.45, 7) is 0.277. The number of hydrogen-bond donors (Lipinski definition) is 1. The fraction of sp³-hybridized carbons (Fsp3) is 0.267. The molecule has 1 aromatic carbocycles. The molecule has 24 heavy (non-hydrogen) atoms. The number of nitrogens with zero attached hydrogens (tertiary/aromatic N) is 2. The Hall–Kier alpha value is -1.93. The van der Waals surface area contributed by atoms with Gasteiger partial charge in [-0.05, 0) is 24.1 Å². The zero-order chi connectivity index (χ0) is 17.3. The molecule has 1 aromatic heterocycles. The second kappa shape index (κ2) is 6.52. The number of nitrogens with one attached hydrogen (secondary N) is 1. The summed E-state index contributed by atoms with van der Waals surface area (Å²) in [5.41, 5.74) is 8.58. The Morgan fingerprint density at radius 2 is 2.00 bits per heavy atom. The Morgan fingerprint density at radius 3 is 2.58 bits per heavy atom. The summed E-state index contributed by atoms with van der Waals surface area (Å²) in [4.78, 5) is 3.96. The highest BCUT2D eigenvalue weighted by Gasteiger charge is 2.37. The molecule has 0 saturated carbocycles. The van der Waals surface area contributed by atoms with Crippen LogP contribution in [0.25, 0.3) is 5.57 Å². The van der Waals surface area contributed by atoms with Crippen LogP contribution in [0.5, 0.6) is 0 Å². The van der Waals surface area contributed by atoms with Gasteiger partial charge in [-0.1, -0.05) is 23.7 Å². The van der Waals surface area contributed by atoms with Crippen LogP contribution in [-0.4, -0.2) is 11.6 Å². The summed E-state index contributed by atoms with van der Waals surface area (Å²) in [6.07, 6.45) is -2.75. The number of rotatable bonds is 3. The van der Waals surface area contributed by atoms with Crippen LogP contribution in [0.15, 0.2) is 41.5 Å². The molecule has 0 radical (unpaired) electrons. The van der Waals surface area contributed by atoms with Gasteiger partial charge in [0.05, 0.1) is 6.61 Å². The molecular formula is C15H11ClF3N3OS. The van der Waals surface area contributed by atoms with Crippen LogP contribution < -0.4 is 0 Å². The Labute approximate surface area is 144 Å². The third kappa shape index (κ3) is 3.29. The lowest BCUT2D eigenvalue weighted by Gasteiger charge is -2.26. The monoisotopic (exact) mass is 373 g/mol. The summed E-state index contributed by atoms with van der Waals surface area (Å²) < 4.78 is 43.9. The van der Waals surface area contributed by atoms with Gasteiger partial charge in [-0.25, -0.2) is 10.5 Å². The second-order valence-electron chi connectivity index (χ2n) is 5.09. The molecule has 0 bridgehead atoms. The number of alkyl halides is 3. The molecule has 0 fully saturated rings. The highest BCUT2D eigenvalue weighted by atomic mass is 35.5. The maximum absolute atomic E-state index is 12.8. The van der Waals surface area contributed by atoms with Crippen molar-refractivity contribution in [3.05, 3.63) is 56.8 Å². The van der Waals surface area contributed by atoms with Crippen molar-refractivity contribution >= 4 is 28.5 Å². The first-order valence-corrected chi connectivity index (χ1v) is 8.13. The normalized spacial score (nSPS) is 18.4. The van der Waals surface area contributed by atoms with Crippen molar-refractivity contribution in [2.75, 3.05) is 6.61 Å². The number of benzene rings is 1. The average molecular weight is 374 g/mol. The van der Waals surface area contributed by atoms with E-state index in [1.165, 1.54) is 6.20 Å². The van der Waals surface area contributed by atoms with Crippen molar-refractivity contribution in [3.8, 4) is 0 Å². The zero-order valence-electron chi connectivity index (χ0n) is 12.1. The minimum atomic E-state index is -4.47. The van der Waals surface area contributed by atoms with Crippen molar-refractivity contribution in [2.24, 2.45) is 5.11 Å². The van der Waals surface area contributed by atoms with Gasteiger partial charge in [0.15, 0.2) is 5.01 Å². The Morgan fingerprint density at radius 1 is 1.29 bits per heavy atom. The minimum Gasteiger partial charge on any atom is -0.476 e. The first-order valence-electron chi connectivity index (χ1n) is 6.93. The number of halogens is 4. The number of aromatic nitrogens is 1. The molecule has 0 spiro atoms. The van der Waals surface area contributed by atoms with Gasteiger partial charge in [0.2, 0.25) is 5.88 Å². The van der Waals surface area contributed by atoms with Gasteiger partial charge in [0.25, 0.3) is 0 Å². The fourth-order valence-corrected chi connectivity index (χ4v) is 3.61. The molecule has 2 heterocycles. The van der Waals surface area contributed by atoms with Crippen molar-refractivity contribution in [1.29, 1.82) is 5.53 Å². The van der Waals surface area contributed by atoms with Crippen LogP contribution in [-0.2, 0) is 10.9 Å². The SMILES string of the molecule is N=NC1=C(c2ccc(Cl)cc2)C(c2cnc(C(F)(F)F)s2)CCO1. The quantitative estimate of drug-likeness (QED) is 0.699. The lowest BCUT2D eigenvalue weighted by molar-refractivity contribution is -0.137. The molecule has 126 valence electrons. The van der Waals surface area contributed by atoms with Gasteiger partial charge in [0.1, 0.15) is 0 Å². The highest BCUT2D eigenvalue weighted by molar-refractivity contribution is 7.11. The average Bonchev–Trinajstić information content (AvgIpc) is 3.05. The molecule has 1 unspecified atom stereocenters. The van der Waals surface area contributed by atoms with Gasteiger partial charge in [0, 0.05) is 27.6 Å². The topological polar surface area (TPSA) is 58.3 Å². The molecular weight excluding hydrogens is 363 g/mol. The van der Waals surface area contributed by atoms with E-state index in [0.29, 0.717) is 38.8 Å². The molecule has 0 saturated heterocycles. The molecule has 1 N–H and O–H groups in total. The van der Waals surface area contributed by atoms with Gasteiger partial charge in [-0.2, -0.15) is 13.2 Å².